The monoisotopic (exact) mass is 344 g/mol. The number of carbonyl (C=O) groups is 2. The molecule has 2 aromatic rings. The van der Waals surface area contributed by atoms with E-state index in [-0.39, 0.29) is 23.0 Å². The number of hydrogen-bond acceptors (Lipinski definition) is 5. The highest BCUT2D eigenvalue weighted by Gasteiger charge is 2.18. The van der Waals surface area contributed by atoms with Crippen LogP contribution in [-0.2, 0) is 0 Å². The minimum atomic E-state index is -1.08. The van der Waals surface area contributed by atoms with Crippen molar-refractivity contribution in [2.75, 3.05) is 14.2 Å². The molecule has 1 atom stereocenters. The van der Waals surface area contributed by atoms with E-state index in [2.05, 4.69) is 10.3 Å². The van der Waals surface area contributed by atoms with Crippen LogP contribution in [0.4, 0.5) is 0 Å². The van der Waals surface area contributed by atoms with E-state index in [0.717, 1.165) is 5.56 Å². The zero-order valence-corrected chi connectivity index (χ0v) is 14.5. The van der Waals surface area contributed by atoms with Crippen molar-refractivity contribution in [3.63, 3.8) is 0 Å². The molecule has 0 saturated carbocycles. The largest absolute Gasteiger partial charge is 0.497 e. The minimum Gasteiger partial charge on any atom is -0.497 e. The number of nitrogens with one attached hydrogen (secondary N) is 1. The third kappa shape index (κ3) is 4.06. The first-order valence-electron chi connectivity index (χ1n) is 7.61. The average Bonchev–Trinajstić information content (AvgIpc) is 2.60. The first kappa shape index (κ1) is 18.3. The highest BCUT2D eigenvalue weighted by atomic mass is 16.5. The van der Waals surface area contributed by atoms with E-state index in [1.54, 1.807) is 39.3 Å². The van der Waals surface area contributed by atoms with E-state index in [9.17, 15) is 9.59 Å². The van der Waals surface area contributed by atoms with E-state index in [1.807, 2.05) is 6.92 Å². The molecule has 7 heteroatoms. The number of pyridine rings is 1. The number of benzene rings is 1. The molecule has 1 aromatic heterocycles. The predicted molar refractivity (Wildman–Crippen MR) is 91.4 cm³/mol. The van der Waals surface area contributed by atoms with Crippen LogP contribution >= 0.6 is 0 Å². The summed E-state index contributed by atoms with van der Waals surface area (Å²) in [7, 11) is 3.11. The molecule has 1 amide bonds. The SMILES string of the molecule is COc1ccc(OC)c(C(C)NC(=O)c2ccc(C(=O)O)c(C)n2)c1. The Bertz CT molecular complexity index is 804. The van der Waals surface area contributed by atoms with E-state index in [1.165, 1.54) is 12.1 Å². The molecule has 0 saturated heterocycles. The second-order valence-electron chi connectivity index (χ2n) is 5.44. The highest BCUT2D eigenvalue weighted by Crippen LogP contribution is 2.29. The molecule has 0 radical (unpaired) electrons. The molecular weight excluding hydrogens is 324 g/mol. The Labute approximate surface area is 145 Å². The first-order chi connectivity index (χ1) is 11.9. The maximum atomic E-state index is 12.4. The van der Waals surface area contributed by atoms with Crippen LogP contribution in [0.1, 0.15) is 45.1 Å². The van der Waals surface area contributed by atoms with Crippen LogP contribution in [0.15, 0.2) is 30.3 Å². The average molecular weight is 344 g/mol. The Hall–Kier alpha value is -3.09. The summed E-state index contributed by atoms with van der Waals surface area (Å²) in [6.07, 6.45) is 0. The van der Waals surface area contributed by atoms with Gasteiger partial charge in [0.15, 0.2) is 0 Å². The number of nitrogens with zero attached hydrogens (tertiary/aromatic N) is 1. The number of hydrogen-bond donors (Lipinski definition) is 2. The Balaban J connectivity index is 2.23. The Kier molecular flexibility index (Phi) is 5.59. The van der Waals surface area contributed by atoms with Gasteiger partial charge in [-0.25, -0.2) is 9.78 Å². The van der Waals surface area contributed by atoms with Gasteiger partial charge in [0, 0.05) is 5.56 Å². The van der Waals surface area contributed by atoms with Crippen LogP contribution in [0.5, 0.6) is 11.5 Å². The normalized spacial score (nSPS) is 11.5. The van der Waals surface area contributed by atoms with Crippen LogP contribution in [0.3, 0.4) is 0 Å². The molecule has 2 N–H and O–H groups in total. The van der Waals surface area contributed by atoms with Crippen LogP contribution in [0.25, 0.3) is 0 Å². The summed E-state index contributed by atoms with van der Waals surface area (Å²) in [4.78, 5) is 27.5. The van der Waals surface area contributed by atoms with Crippen molar-refractivity contribution in [2.45, 2.75) is 19.9 Å². The van der Waals surface area contributed by atoms with Gasteiger partial charge in [-0.2, -0.15) is 0 Å². The van der Waals surface area contributed by atoms with Crippen molar-refractivity contribution < 1.29 is 24.2 Å². The molecule has 0 spiro atoms. The molecular formula is C18H20N2O5. The van der Waals surface area contributed by atoms with Gasteiger partial charge in [-0.3, -0.25) is 4.79 Å². The molecule has 2 rings (SSSR count). The number of carboxylic acids is 1. The second-order valence-corrected chi connectivity index (χ2v) is 5.44. The number of ether oxygens (including phenoxy) is 2. The van der Waals surface area contributed by atoms with Gasteiger partial charge in [0.2, 0.25) is 0 Å². The van der Waals surface area contributed by atoms with Crippen molar-refractivity contribution in [2.24, 2.45) is 0 Å². The van der Waals surface area contributed by atoms with Gasteiger partial charge in [-0.1, -0.05) is 0 Å². The lowest BCUT2D eigenvalue weighted by atomic mass is 10.1. The summed E-state index contributed by atoms with van der Waals surface area (Å²) in [5.74, 6) is -0.209. The summed E-state index contributed by atoms with van der Waals surface area (Å²) in [5, 5.41) is 11.9. The van der Waals surface area contributed by atoms with Crippen molar-refractivity contribution in [1.29, 1.82) is 0 Å². The number of carbonyl (C=O) groups excluding carboxylic acids is 1. The number of amides is 1. The number of methoxy groups -OCH3 is 2. The molecule has 1 unspecified atom stereocenters. The number of carboxylic acid groups (broad SMARTS) is 1. The fourth-order valence-electron chi connectivity index (χ4n) is 2.44. The topological polar surface area (TPSA) is 97.8 Å². The van der Waals surface area contributed by atoms with Crippen LogP contribution in [-0.4, -0.2) is 36.2 Å². The summed E-state index contributed by atoms with van der Waals surface area (Å²) < 4.78 is 10.5. The van der Waals surface area contributed by atoms with Crippen LogP contribution < -0.4 is 14.8 Å². The molecule has 25 heavy (non-hydrogen) atoms. The molecule has 0 bridgehead atoms. The standard InChI is InChI=1S/C18H20N2O5/c1-10-13(18(22)23)6-7-15(19-10)17(21)20-11(2)14-9-12(24-3)5-8-16(14)25-4/h5-9,11H,1-4H3,(H,20,21)(H,22,23). The summed E-state index contributed by atoms with van der Waals surface area (Å²) in [5.41, 5.74) is 1.26. The fraction of sp³-hybridized carbons (Fsp3) is 0.278. The fourth-order valence-corrected chi connectivity index (χ4v) is 2.44. The van der Waals surface area contributed by atoms with Gasteiger partial charge in [-0.15, -0.1) is 0 Å². The van der Waals surface area contributed by atoms with E-state index in [0.29, 0.717) is 11.5 Å². The summed E-state index contributed by atoms with van der Waals surface area (Å²) >= 11 is 0. The van der Waals surface area contributed by atoms with Gasteiger partial charge in [0.1, 0.15) is 17.2 Å². The molecule has 0 aliphatic heterocycles. The van der Waals surface area contributed by atoms with Gasteiger partial charge >= 0.3 is 5.97 Å². The molecule has 0 aliphatic rings. The lowest BCUT2D eigenvalue weighted by molar-refractivity contribution is 0.0694. The molecule has 1 heterocycles. The number of aromatic nitrogens is 1. The minimum absolute atomic E-state index is 0.0686. The zero-order valence-electron chi connectivity index (χ0n) is 14.5. The first-order valence-corrected chi connectivity index (χ1v) is 7.61. The second kappa shape index (κ2) is 7.65. The van der Waals surface area contributed by atoms with E-state index < -0.39 is 11.9 Å². The predicted octanol–water partition coefficient (Wildman–Crippen LogP) is 2.60. The molecule has 0 fully saturated rings. The van der Waals surface area contributed by atoms with Crippen molar-refractivity contribution in [3.8, 4) is 11.5 Å². The van der Waals surface area contributed by atoms with Gasteiger partial charge in [0.25, 0.3) is 5.91 Å². The summed E-state index contributed by atoms with van der Waals surface area (Å²) in [6.45, 7) is 3.36. The van der Waals surface area contributed by atoms with E-state index in [4.69, 9.17) is 14.6 Å². The number of aromatic carboxylic acids is 1. The van der Waals surface area contributed by atoms with E-state index >= 15 is 0 Å². The zero-order chi connectivity index (χ0) is 18.6. The number of rotatable bonds is 6. The Morgan fingerprint density at radius 1 is 1.16 bits per heavy atom. The van der Waals surface area contributed by atoms with Crippen molar-refractivity contribution >= 4 is 11.9 Å². The Morgan fingerprint density at radius 3 is 2.44 bits per heavy atom. The van der Waals surface area contributed by atoms with Crippen molar-refractivity contribution in [3.05, 3.63) is 52.8 Å². The van der Waals surface area contributed by atoms with Crippen molar-refractivity contribution in [1.82, 2.24) is 10.3 Å². The van der Waals surface area contributed by atoms with Crippen LogP contribution in [0.2, 0.25) is 0 Å². The van der Waals surface area contributed by atoms with Gasteiger partial charge < -0.3 is 19.9 Å². The Morgan fingerprint density at radius 2 is 1.88 bits per heavy atom. The smallest absolute Gasteiger partial charge is 0.337 e. The molecule has 132 valence electrons. The third-order valence-corrected chi connectivity index (χ3v) is 3.80. The molecule has 0 aliphatic carbocycles. The quantitative estimate of drug-likeness (QED) is 0.836. The third-order valence-electron chi connectivity index (χ3n) is 3.80. The summed E-state index contributed by atoms with van der Waals surface area (Å²) in [6, 6.07) is 7.72. The maximum absolute atomic E-state index is 12.4. The number of aryl methyl sites for hydroxylation is 1. The molecule has 1 aromatic carbocycles. The van der Waals surface area contributed by atoms with Gasteiger partial charge in [-0.05, 0) is 44.2 Å². The molecule has 7 nitrogen and oxygen atoms in total. The lowest BCUT2D eigenvalue weighted by Crippen LogP contribution is -2.28. The van der Waals surface area contributed by atoms with Gasteiger partial charge in [0.05, 0.1) is 31.5 Å². The van der Waals surface area contributed by atoms with Crippen LogP contribution in [0, 0.1) is 6.92 Å². The maximum Gasteiger partial charge on any atom is 0.337 e. The highest BCUT2D eigenvalue weighted by molar-refractivity contribution is 5.94. The lowest BCUT2D eigenvalue weighted by Gasteiger charge is -2.18.